The van der Waals surface area contributed by atoms with Gasteiger partial charge < -0.3 is 10.1 Å². The van der Waals surface area contributed by atoms with Crippen LogP contribution in [0.3, 0.4) is 0 Å². The summed E-state index contributed by atoms with van der Waals surface area (Å²) in [5.74, 6) is 0.808. The van der Waals surface area contributed by atoms with Crippen molar-refractivity contribution >= 4 is 11.6 Å². The molecular weight excluding hydrogens is 340 g/mol. The Morgan fingerprint density at radius 1 is 1.19 bits per heavy atom. The summed E-state index contributed by atoms with van der Waals surface area (Å²) in [7, 11) is 0. The smallest absolute Gasteiger partial charge is 0.262 e. The summed E-state index contributed by atoms with van der Waals surface area (Å²) in [4.78, 5) is 12.3. The van der Waals surface area contributed by atoms with Crippen molar-refractivity contribution in [2.75, 3.05) is 11.9 Å². The van der Waals surface area contributed by atoms with Gasteiger partial charge in [0.25, 0.3) is 5.91 Å². The number of nitrogens with zero attached hydrogens (tertiary/aromatic N) is 3. The quantitative estimate of drug-likeness (QED) is 0.717. The fraction of sp³-hybridized carbons (Fsp3) is 0.286. The Kier molecular flexibility index (Phi) is 5.54. The number of amides is 1. The van der Waals surface area contributed by atoms with Crippen LogP contribution in [0.25, 0.3) is 5.69 Å². The number of carbonyl (C=O) groups excluding carboxylic acids is 1. The van der Waals surface area contributed by atoms with E-state index in [0.29, 0.717) is 11.6 Å². The van der Waals surface area contributed by atoms with Crippen LogP contribution >= 0.6 is 0 Å². The first-order valence-electron chi connectivity index (χ1n) is 8.95. The van der Waals surface area contributed by atoms with E-state index in [1.54, 1.807) is 10.9 Å². The largest absolute Gasteiger partial charge is 0.483 e. The molecule has 6 heteroatoms. The van der Waals surface area contributed by atoms with Gasteiger partial charge in [-0.15, -0.1) is 5.10 Å². The molecule has 0 spiro atoms. The number of hydrogen-bond donors (Lipinski definition) is 1. The molecule has 1 amide bonds. The summed E-state index contributed by atoms with van der Waals surface area (Å²) in [5, 5.41) is 11.0. The van der Waals surface area contributed by atoms with E-state index in [-0.39, 0.29) is 12.5 Å². The minimum atomic E-state index is -0.212. The lowest BCUT2D eigenvalue weighted by Gasteiger charge is -2.12. The van der Waals surface area contributed by atoms with Gasteiger partial charge in [0.2, 0.25) is 0 Å². The molecule has 27 heavy (non-hydrogen) atoms. The Hall–Kier alpha value is -3.15. The lowest BCUT2D eigenvalue weighted by atomic mass is 10.1. The molecule has 0 aliphatic rings. The summed E-state index contributed by atoms with van der Waals surface area (Å²) in [6.45, 7) is 8.13. The van der Waals surface area contributed by atoms with Gasteiger partial charge >= 0.3 is 0 Å². The average molecular weight is 364 g/mol. The molecule has 140 valence electrons. The van der Waals surface area contributed by atoms with Crippen molar-refractivity contribution in [1.29, 1.82) is 0 Å². The summed E-state index contributed by atoms with van der Waals surface area (Å²) < 4.78 is 7.45. The van der Waals surface area contributed by atoms with Crippen LogP contribution in [0.15, 0.2) is 48.7 Å². The number of hydrogen-bond acceptors (Lipinski definition) is 4. The third kappa shape index (κ3) is 4.34. The standard InChI is InChI=1S/C21H24N4O2/c1-14(2)19-12-22-24-25(19)18-9-6-8-17(11-18)23-21(26)13-27-20-10-5-7-15(3)16(20)4/h5-12,14H,13H2,1-4H3,(H,23,26). The molecule has 1 aromatic heterocycles. The van der Waals surface area contributed by atoms with E-state index < -0.39 is 0 Å². The molecule has 0 aliphatic heterocycles. The monoisotopic (exact) mass is 364 g/mol. The van der Waals surface area contributed by atoms with E-state index in [0.717, 1.165) is 28.3 Å². The molecule has 6 nitrogen and oxygen atoms in total. The van der Waals surface area contributed by atoms with Crippen LogP contribution in [0.4, 0.5) is 5.69 Å². The highest BCUT2D eigenvalue weighted by Crippen LogP contribution is 2.21. The molecule has 0 unspecified atom stereocenters. The van der Waals surface area contributed by atoms with Crippen LogP contribution in [-0.4, -0.2) is 27.5 Å². The zero-order chi connectivity index (χ0) is 19.4. The summed E-state index contributed by atoms with van der Waals surface area (Å²) >= 11 is 0. The molecule has 2 aromatic carbocycles. The van der Waals surface area contributed by atoms with Crippen molar-refractivity contribution in [3.63, 3.8) is 0 Å². The van der Waals surface area contributed by atoms with E-state index in [9.17, 15) is 4.79 Å². The maximum atomic E-state index is 12.3. The van der Waals surface area contributed by atoms with Gasteiger partial charge in [0, 0.05) is 5.69 Å². The zero-order valence-corrected chi connectivity index (χ0v) is 16.1. The van der Waals surface area contributed by atoms with Crippen molar-refractivity contribution in [1.82, 2.24) is 15.0 Å². The number of nitrogens with one attached hydrogen (secondary N) is 1. The van der Waals surface area contributed by atoms with E-state index >= 15 is 0 Å². The van der Waals surface area contributed by atoms with Crippen LogP contribution in [-0.2, 0) is 4.79 Å². The van der Waals surface area contributed by atoms with Crippen LogP contribution in [0.1, 0.15) is 36.6 Å². The topological polar surface area (TPSA) is 69.0 Å². The van der Waals surface area contributed by atoms with E-state index in [1.807, 2.05) is 56.3 Å². The number of ether oxygens (including phenoxy) is 1. The molecule has 1 heterocycles. The van der Waals surface area contributed by atoms with E-state index in [4.69, 9.17) is 4.74 Å². The molecule has 0 aliphatic carbocycles. The van der Waals surface area contributed by atoms with Gasteiger partial charge in [-0.2, -0.15) is 0 Å². The van der Waals surface area contributed by atoms with Gasteiger partial charge in [-0.3, -0.25) is 4.79 Å². The third-order valence-corrected chi connectivity index (χ3v) is 4.46. The second kappa shape index (κ2) is 8.03. The summed E-state index contributed by atoms with van der Waals surface area (Å²) in [5.41, 5.74) is 4.72. The Morgan fingerprint density at radius 2 is 1.96 bits per heavy atom. The highest BCUT2D eigenvalue weighted by molar-refractivity contribution is 5.92. The number of aryl methyl sites for hydroxylation is 1. The molecule has 0 saturated heterocycles. The van der Waals surface area contributed by atoms with Gasteiger partial charge in [0.15, 0.2) is 6.61 Å². The predicted molar refractivity (Wildman–Crippen MR) is 105 cm³/mol. The van der Waals surface area contributed by atoms with Crippen LogP contribution < -0.4 is 10.1 Å². The van der Waals surface area contributed by atoms with Gasteiger partial charge in [0.05, 0.1) is 17.6 Å². The first-order valence-corrected chi connectivity index (χ1v) is 8.95. The average Bonchev–Trinajstić information content (AvgIpc) is 3.13. The summed E-state index contributed by atoms with van der Waals surface area (Å²) in [6.07, 6.45) is 1.76. The molecule has 0 bridgehead atoms. The Labute approximate surface area is 159 Å². The minimum Gasteiger partial charge on any atom is -0.483 e. The molecule has 1 N–H and O–H groups in total. The number of aromatic nitrogens is 3. The molecule has 3 aromatic rings. The Morgan fingerprint density at radius 3 is 2.74 bits per heavy atom. The fourth-order valence-electron chi connectivity index (χ4n) is 2.77. The Balaban J connectivity index is 1.68. The number of anilines is 1. The second-order valence-electron chi connectivity index (χ2n) is 6.81. The number of carbonyl (C=O) groups is 1. The maximum absolute atomic E-state index is 12.3. The molecule has 0 saturated carbocycles. The second-order valence-corrected chi connectivity index (χ2v) is 6.81. The molecular formula is C21H24N4O2. The Bertz CT molecular complexity index is 947. The maximum Gasteiger partial charge on any atom is 0.262 e. The predicted octanol–water partition coefficient (Wildman–Crippen LogP) is 4.03. The number of rotatable bonds is 6. The van der Waals surface area contributed by atoms with Crippen LogP contribution in [0.2, 0.25) is 0 Å². The lowest BCUT2D eigenvalue weighted by molar-refractivity contribution is -0.118. The van der Waals surface area contributed by atoms with Crippen molar-refractivity contribution in [2.45, 2.75) is 33.6 Å². The number of benzene rings is 2. The van der Waals surface area contributed by atoms with Gasteiger partial charge in [-0.05, 0) is 55.2 Å². The van der Waals surface area contributed by atoms with Crippen molar-refractivity contribution < 1.29 is 9.53 Å². The molecule has 3 rings (SSSR count). The van der Waals surface area contributed by atoms with Crippen LogP contribution in [0.5, 0.6) is 5.75 Å². The summed E-state index contributed by atoms with van der Waals surface area (Å²) in [6, 6.07) is 13.3. The van der Waals surface area contributed by atoms with E-state index in [2.05, 4.69) is 29.5 Å². The van der Waals surface area contributed by atoms with Crippen molar-refractivity contribution in [3.05, 3.63) is 65.5 Å². The first kappa shape index (κ1) is 18.6. The highest BCUT2D eigenvalue weighted by atomic mass is 16.5. The van der Waals surface area contributed by atoms with Crippen molar-refractivity contribution in [3.8, 4) is 11.4 Å². The van der Waals surface area contributed by atoms with Crippen LogP contribution in [0, 0.1) is 13.8 Å². The first-order chi connectivity index (χ1) is 13.0. The van der Waals surface area contributed by atoms with Gasteiger partial charge in [0.1, 0.15) is 5.75 Å². The lowest BCUT2D eigenvalue weighted by Crippen LogP contribution is -2.20. The molecule has 0 fully saturated rings. The molecule has 0 atom stereocenters. The van der Waals surface area contributed by atoms with Gasteiger partial charge in [-0.25, -0.2) is 4.68 Å². The zero-order valence-electron chi connectivity index (χ0n) is 16.1. The third-order valence-electron chi connectivity index (χ3n) is 4.46. The van der Waals surface area contributed by atoms with E-state index in [1.165, 1.54) is 0 Å². The van der Waals surface area contributed by atoms with Crippen molar-refractivity contribution in [2.24, 2.45) is 0 Å². The SMILES string of the molecule is Cc1cccc(OCC(=O)Nc2cccc(-n3nncc3C(C)C)c2)c1C. The highest BCUT2D eigenvalue weighted by Gasteiger charge is 2.11. The van der Waals surface area contributed by atoms with Gasteiger partial charge in [-0.1, -0.05) is 37.3 Å². The minimum absolute atomic E-state index is 0.0465. The fourth-order valence-corrected chi connectivity index (χ4v) is 2.77. The molecule has 0 radical (unpaired) electrons. The normalized spacial score (nSPS) is 10.9.